The third-order valence-corrected chi connectivity index (χ3v) is 6.30. The molecule has 0 fully saturated rings. The van der Waals surface area contributed by atoms with Gasteiger partial charge in [0.15, 0.2) is 17.0 Å². The summed E-state index contributed by atoms with van der Waals surface area (Å²) in [5.41, 5.74) is 6.59. The average molecular weight is 415 g/mol. The molecular weight excluding hydrogens is 402 g/mol. The molecule has 0 aliphatic carbocycles. The minimum Gasteiger partial charge on any atom is -0.384 e. The number of rotatable bonds is 4. The fourth-order valence-corrected chi connectivity index (χ4v) is 4.63. The summed E-state index contributed by atoms with van der Waals surface area (Å²) >= 11 is 0. The fraction of sp³-hybridized carbons (Fsp3) is 0.0500. The smallest absolute Gasteiger partial charge is 0.212 e. The molecule has 2 N–H and O–H groups in total. The fourth-order valence-electron chi connectivity index (χ4n) is 3.10. The van der Waals surface area contributed by atoms with Crippen LogP contribution in [0.4, 0.5) is 5.82 Å². The molecule has 0 aliphatic rings. The molecule has 146 valence electrons. The minimum atomic E-state index is -4.07. The molecular formula is C20H13N7O2S. The van der Waals surface area contributed by atoms with Gasteiger partial charge in [0.05, 0.1) is 11.4 Å². The Balaban J connectivity index is 2.07. The van der Waals surface area contributed by atoms with Gasteiger partial charge in [-0.15, -0.1) is 0 Å². The number of aromatic nitrogens is 4. The number of hydrogen-bond donors (Lipinski definition) is 1. The third-order valence-electron chi connectivity index (χ3n) is 4.47. The summed E-state index contributed by atoms with van der Waals surface area (Å²) in [7, 11) is -4.07. The van der Waals surface area contributed by atoms with Crippen molar-refractivity contribution in [1.82, 2.24) is 19.5 Å². The van der Waals surface area contributed by atoms with E-state index in [0.29, 0.717) is 0 Å². The van der Waals surface area contributed by atoms with Crippen molar-refractivity contribution in [1.29, 1.82) is 10.5 Å². The van der Waals surface area contributed by atoms with Crippen LogP contribution in [0.25, 0.3) is 11.2 Å². The molecule has 0 bridgehead atoms. The van der Waals surface area contributed by atoms with Gasteiger partial charge in [0.25, 0.3) is 0 Å². The van der Waals surface area contributed by atoms with E-state index in [1.165, 1.54) is 16.7 Å². The lowest BCUT2D eigenvalue weighted by molar-refractivity contribution is 0.597. The summed E-state index contributed by atoms with van der Waals surface area (Å²) in [5.74, 6) is -0.0864. The van der Waals surface area contributed by atoms with Gasteiger partial charge in [-0.05, 0) is 23.8 Å². The number of nitriles is 2. The van der Waals surface area contributed by atoms with Gasteiger partial charge in [-0.25, -0.2) is 18.4 Å². The monoisotopic (exact) mass is 415 g/mol. The highest BCUT2D eigenvalue weighted by molar-refractivity contribution is 7.92. The van der Waals surface area contributed by atoms with Gasteiger partial charge in [0.2, 0.25) is 9.84 Å². The van der Waals surface area contributed by atoms with Crippen LogP contribution in [0.1, 0.15) is 17.0 Å². The van der Waals surface area contributed by atoms with Gasteiger partial charge in [0, 0.05) is 12.4 Å². The van der Waals surface area contributed by atoms with Crippen LogP contribution in [0.5, 0.6) is 0 Å². The quantitative estimate of drug-likeness (QED) is 0.531. The first-order chi connectivity index (χ1) is 14.5. The SMILES string of the molecule is N#Cc1nc2c(S(=O)(=O)c3ccccc3)c(N)n(Cc3cccnc3)c2nc1C#N. The average Bonchev–Trinajstić information content (AvgIpc) is 3.05. The van der Waals surface area contributed by atoms with Crippen LogP contribution in [0.15, 0.2) is 64.6 Å². The molecule has 10 heteroatoms. The summed E-state index contributed by atoms with van der Waals surface area (Å²) in [6.07, 6.45) is 3.22. The van der Waals surface area contributed by atoms with E-state index in [9.17, 15) is 18.9 Å². The molecule has 0 unspecified atom stereocenters. The number of anilines is 1. The normalized spacial score (nSPS) is 11.1. The van der Waals surface area contributed by atoms with Crippen molar-refractivity contribution in [2.24, 2.45) is 0 Å². The lowest BCUT2D eigenvalue weighted by Crippen LogP contribution is -2.09. The zero-order chi connectivity index (χ0) is 21.3. The van der Waals surface area contributed by atoms with E-state index < -0.39 is 9.84 Å². The van der Waals surface area contributed by atoms with E-state index in [2.05, 4.69) is 15.0 Å². The van der Waals surface area contributed by atoms with Crippen LogP contribution in [0.3, 0.4) is 0 Å². The molecule has 0 saturated carbocycles. The Morgan fingerprint density at radius 3 is 2.33 bits per heavy atom. The third kappa shape index (κ3) is 3.02. The predicted octanol–water partition coefficient (Wildman–Crippen LogP) is 2.03. The van der Waals surface area contributed by atoms with Crippen LogP contribution < -0.4 is 5.73 Å². The maximum Gasteiger partial charge on any atom is 0.212 e. The molecule has 0 spiro atoms. The second-order valence-electron chi connectivity index (χ2n) is 6.29. The Morgan fingerprint density at radius 1 is 1.00 bits per heavy atom. The number of fused-ring (bicyclic) bond motifs is 1. The summed E-state index contributed by atoms with van der Waals surface area (Å²) in [6.45, 7) is 0.159. The van der Waals surface area contributed by atoms with Crippen LogP contribution in [0.2, 0.25) is 0 Å². The number of hydrogen-bond acceptors (Lipinski definition) is 8. The second-order valence-corrected chi connectivity index (χ2v) is 8.18. The lowest BCUT2D eigenvalue weighted by Gasteiger charge is -2.08. The second kappa shape index (κ2) is 7.28. The van der Waals surface area contributed by atoms with Gasteiger partial charge in [-0.1, -0.05) is 24.3 Å². The van der Waals surface area contributed by atoms with Crippen LogP contribution >= 0.6 is 0 Å². The lowest BCUT2D eigenvalue weighted by atomic mass is 10.3. The summed E-state index contributed by atoms with van der Waals surface area (Å²) in [5, 5.41) is 18.7. The van der Waals surface area contributed by atoms with Gasteiger partial charge in [-0.3, -0.25) is 4.98 Å². The zero-order valence-corrected chi connectivity index (χ0v) is 16.2. The maximum atomic E-state index is 13.4. The molecule has 0 atom stereocenters. The first kappa shape index (κ1) is 19.1. The van der Waals surface area contributed by atoms with Crippen molar-refractivity contribution in [2.75, 3.05) is 5.73 Å². The number of sulfone groups is 1. The molecule has 0 radical (unpaired) electrons. The Bertz CT molecular complexity index is 1450. The summed E-state index contributed by atoms with van der Waals surface area (Å²) < 4.78 is 28.2. The van der Waals surface area contributed by atoms with Crippen LogP contribution in [-0.2, 0) is 16.4 Å². The molecule has 3 heterocycles. The van der Waals surface area contributed by atoms with Crippen molar-refractivity contribution in [3.05, 3.63) is 71.8 Å². The van der Waals surface area contributed by atoms with Crippen molar-refractivity contribution < 1.29 is 8.42 Å². The van der Waals surface area contributed by atoms with Crippen molar-refractivity contribution in [3.63, 3.8) is 0 Å². The molecule has 0 saturated heterocycles. The van der Waals surface area contributed by atoms with Gasteiger partial charge >= 0.3 is 0 Å². The van der Waals surface area contributed by atoms with Crippen LogP contribution in [0, 0.1) is 22.7 Å². The van der Waals surface area contributed by atoms with Gasteiger partial charge in [-0.2, -0.15) is 10.5 Å². The first-order valence-corrected chi connectivity index (χ1v) is 10.1. The van der Waals surface area contributed by atoms with Crippen molar-refractivity contribution in [2.45, 2.75) is 16.3 Å². The first-order valence-electron chi connectivity index (χ1n) is 8.66. The molecule has 30 heavy (non-hydrogen) atoms. The molecule has 9 nitrogen and oxygen atoms in total. The Hall–Kier alpha value is -4.28. The van der Waals surface area contributed by atoms with Crippen molar-refractivity contribution >= 4 is 26.8 Å². The van der Waals surface area contributed by atoms with Crippen molar-refractivity contribution in [3.8, 4) is 12.1 Å². The predicted molar refractivity (Wildman–Crippen MR) is 107 cm³/mol. The Morgan fingerprint density at radius 2 is 1.70 bits per heavy atom. The van der Waals surface area contributed by atoms with E-state index in [1.807, 2.05) is 6.07 Å². The Labute approximate surface area is 171 Å². The molecule has 0 aliphatic heterocycles. The number of pyridine rings is 1. The number of nitrogens with two attached hydrogens (primary N) is 1. The topological polar surface area (TPSA) is 151 Å². The number of nitrogen functional groups attached to an aromatic ring is 1. The highest BCUT2D eigenvalue weighted by atomic mass is 32.2. The Kier molecular flexibility index (Phi) is 4.62. The summed E-state index contributed by atoms with van der Waals surface area (Å²) in [6, 6.07) is 14.9. The highest BCUT2D eigenvalue weighted by Gasteiger charge is 2.30. The van der Waals surface area contributed by atoms with E-state index in [-0.39, 0.29) is 44.7 Å². The van der Waals surface area contributed by atoms with E-state index in [0.717, 1.165) is 5.56 Å². The molecule has 0 amide bonds. The van der Waals surface area contributed by atoms with Gasteiger partial charge in [0.1, 0.15) is 28.4 Å². The summed E-state index contributed by atoms with van der Waals surface area (Å²) in [4.78, 5) is 12.2. The number of benzene rings is 1. The largest absolute Gasteiger partial charge is 0.384 e. The highest BCUT2D eigenvalue weighted by Crippen LogP contribution is 2.35. The molecule has 1 aromatic carbocycles. The van der Waals surface area contributed by atoms with Gasteiger partial charge < -0.3 is 10.3 Å². The molecule has 4 rings (SSSR count). The standard InChI is InChI=1S/C20H13N7O2S/c21-9-15-16(10-22)26-20-17(25-15)18(30(28,29)14-6-2-1-3-7-14)19(23)27(20)12-13-5-4-8-24-11-13/h1-8,11H,12,23H2. The molecule has 3 aromatic heterocycles. The minimum absolute atomic E-state index is 0.0294. The molecule has 4 aromatic rings. The van der Waals surface area contributed by atoms with E-state index >= 15 is 0 Å². The maximum absolute atomic E-state index is 13.4. The van der Waals surface area contributed by atoms with E-state index in [4.69, 9.17) is 5.73 Å². The number of nitrogens with zero attached hydrogens (tertiary/aromatic N) is 6. The van der Waals surface area contributed by atoms with Crippen LogP contribution in [-0.4, -0.2) is 27.9 Å². The zero-order valence-electron chi connectivity index (χ0n) is 15.4. The van der Waals surface area contributed by atoms with E-state index in [1.54, 1.807) is 48.8 Å².